The molecule has 5 rings (SSSR count). The zero-order valence-corrected chi connectivity index (χ0v) is 16.8. The van der Waals surface area contributed by atoms with Gasteiger partial charge in [0.15, 0.2) is 0 Å². The lowest BCUT2D eigenvalue weighted by Crippen LogP contribution is -2.63. The largest absolute Gasteiger partial charge is 0.371 e. The van der Waals surface area contributed by atoms with Crippen LogP contribution < -0.4 is 0 Å². The minimum absolute atomic E-state index is 0.247. The van der Waals surface area contributed by atoms with Crippen LogP contribution in [0, 0.1) is 0 Å². The number of hydrogen-bond acceptors (Lipinski definition) is 4. The molecule has 0 radical (unpaired) electrons. The second-order valence-corrected chi connectivity index (χ2v) is 10.8. The summed E-state index contributed by atoms with van der Waals surface area (Å²) in [6, 6.07) is 6.21. The molecule has 0 bridgehead atoms. The first-order chi connectivity index (χ1) is 13.1. The summed E-state index contributed by atoms with van der Waals surface area (Å²) >= 11 is 0. The van der Waals surface area contributed by atoms with E-state index in [0.29, 0.717) is 24.0 Å². The van der Waals surface area contributed by atoms with E-state index in [1.54, 1.807) is 10.4 Å². The Balaban J connectivity index is 1.26. The Bertz CT molecular complexity index is 811. The van der Waals surface area contributed by atoms with Gasteiger partial charge in [0.25, 0.3) is 0 Å². The highest BCUT2D eigenvalue weighted by Gasteiger charge is 2.54. The van der Waals surface area contributed by atoms with Crippen molar-refractivity contribution in [2.75, 3.05) is 32.8 Å². The van der Waals surface area contributed by atoms with Gasteiger partial charge in [0.2, 0.25) is 10.0 Å². The first-order valence-electron chi connectivity index (χ1n) is 10.6. The summed E-state index contributed by atoms with van der Waals surface area (Å²) in [7, 11) is -3.40. The maximum absolute atomic E-state index is 13.1. The van der Waals surface area contributed by atoms with Crippen molar-refractivity contribution in [3.8, 4) is 0 Å². The first-order valence-corrected chi connectivity index (χ1v) is 12.0. The third-order valence-electron chi connectivity index (χ3n) is 6.98. The molecule has 3 aliphatic heterocycles. The molecular formula is C21H30N2O3S. The van der Waals surface area contributed by atoms with E-state index in [9.17, 15) is 8.42 Å². The van der Waals surface area contributed by atoms with E-state index in [2.05, 4.69) is 4.90 Å². The van der Waals surface area contributed by atoms with E-state index in [0.717, 1.165) is 32.3 Å². The molecule has 1 atom stereocenters. The standard InChI is InChI=1S/C21H30N2O3S/c24-27(25,20-9-8-17-6-2-3-7-18(17)12-20)23-15-21(16-23)13-19(14-26-21)22-10-4-1-5-11-22/h8-9,12,19H,1-7,10-11,13-16H2. The van der Waals surface area contributed by atoms with Gasteiger partial charge in [-0.2, -0.15) is 4.31 Å². The molecule has 0 aromatic heterocycles. The molecule has 1 unspecified atom stereocenters. The van der Waals surface area contributed by atoms with E-state index in [-0.39, 0.29) is 5.60 Å². The molecule has 1 aromatic rings. The van der Waals surface area contributed by atoms with Crippen LogP contribution >= 0.6 is 0 Å². The number of ether oxygens (including phenoxy) is 1. The van der Waals surface area contributed by atoms with Crippen LogP contribution in [-0.2, 0) is 27.6 Å². The minimum atomic E-state index is -3.40. The van der Waals surface area contributed by atoms with Crippen molar-refractivity contribution in [1.82, 2.24) is 9.21 Å². The molecule has 1 aromatic carbocycles. The van der Waals surface area contributed by atoms with Gasteiger partial charge in [0.1, 0.15) is 0 Å². The third-order valence-corrected chi connectivity index (χ3v) is 8.77. The molecule has 0 N–H and O–H groups in total. The van der Waals surface area contributed by atoms with Crippen molar-refractivity contribution in [3.05, 3.63) is 29.3 Å². The number of hydrogen-bond donors (Lipinski definition) is 0. The second kappa shape index (κ2) is 6.83. The fraction of sp³-hybridized carbons (Fsp3) is 0.714. The van der Waals surface area contributed by atoms with Gasteiger partial charge in [0.05, 0.1) is 17.1 Å². The SMILES string of the molecule is O=S(=O)(c1ccc2c(c1)CCCC2)N1CC2(CC(N3CCCCC3)CO2)C1. The lowest BCUT2D eigenvalue weighted by molar-refractivity contribution is -0.0774. The van der Waals surface area contributed by atoms with Crippen LogP contribution in [0.3, 0.4) is 0 Å². The van der Waals surface area contributed by atoms with Gasteiger partial charge >= 0.3 is 0 Å². The Labute approximate surface area is 162 Å². The van der Waals surface area contributed by atoms with Crippen molar-refractivity contribution >= 4 is 10.0 Å². The highest BCUT2D eigenvalue weighted by molar-refractivity contribution is 7.89. The molecule has 3 fully saturated rings. The molecule has 0 saturated carbocycles. The van der Waals surface area contributed by atoms with Crippen molar-refractivity contribution < 1.29 is 13.2 Å². The van der Waals surface area contributed by atoms with Crippen LogP contribution in [0.5, 0.6) is 0 Å². The fourth-order valence-electron chi connectivity index (χ4n) is 5.34. The normalized spacial score (nSPS) is 28.8. The molecule has 1 spiro atoms. The van der Waals surface area contributed by atoms with E-state index in [4.69, 9.17) is 4.74 Å². The van der Waals surface area contributed by atoms with Crippen LogP contribution in [-0.4, -0.2) is 62.1 Å². The molecule has 3 heterocycles. The average molecular weight is 391 g/mol. The van der Waals surface area contributed by atoms with Crippen molar-refractivity contribution in [1.29, 1.82) is 0 Å². The molecule has 0 amide bonds. The second-order valence-electron chi connectivity index (χ2n) is 8.86. The maximum Gasteiger partial charge on any atom is 0.243 e. The molecule has 1 aliphatic carbocycles. The summed E-state index contributed by atoms with van der Waals surface area (Å²) < 4.78 is 33.9. The van der Waals surface area contributed by atoms with Gasteiger partial charge in [-0.3, -0.25) is 4.90 Å². The maximum atomic E-state index is 13.1. The van der Waals surface area contributed by atoms with E-state index in [1.807, 2.05) is 12.1 Å². The summed E-state index contributed by atoms with van der Waals surface area (Å²) in [6.45, 7) is 4.11. The van der Waals surface area contributed by atoms with Crippen molar-refractivity contribution in [2.24, 2.45) is 0 Å². The predicted octanol–water partition coefficient (Wildman–Crippen LogP) is 2.58. The Hall–Kier alpha value is -0.950. The lowest BCUT2D eigenvalue weighted by Gasteiger charge is -2.46. The third kappa shape index (κ3) is 3.24. The van der Waals surface area contributed by atoms with Gasteiger partial charge in [-0.15, -0.1) is 0 Å². The minimum Gasteiger partial charge on any atom is -0.371 e. The predicted molar refractivity (Wildman–Crippen MR) is 104 cm³/mol. The molecule has 4 aliphatic rings. The zero-order valence-electron chi connectivity index (χ0n) is 16.0. The van der Waals surface area contributed by atoms with Crippen molar-refractivity contribution in [3.63, 3.8) is 0 Å². The quantitative estimate of drug-likeness (QED) is 0.796. The lowest BCUT2D eigenvalue weighted by atomic mass is 9.91. The van der Waals surface area contributed by atoms with Gasteiger partial charge in [-0.1, -0.05) is 12.5 Å². The average Bonchev–Trinajstić information content (AvgIpc) is 3.13. The zero-order chi connectivity index (χ0) is 18.5. The van der Waals surface area contributed by atoms with Crippen LogP contribution in [0.25, 0.3) is 0 Å². The van der Waals surface area contributed by atoms with Gasteiger partial charge in [-0.25, -0.2) is 8.42 Å². The van der Waals surface area contributed by atoms with Crippen LogP contribution in [0.15, 0.2) is 23.1 Å². The number of benzene rings is 1. The number of fused-ring (bicyclic) bond motifs is 1. The van der Waals surface area contributed by atoms with E-state index >= 15 is 0 Å². The van der Waals surface area contributed by atoms with E-state index < -0.39 is 10.0 Å². The fourth-order valence-corrected chi connectivity index (χ4v) is 6.98. The van der Waals surface area contributed by atoms with Crippen LogP contribution in [0.2, 0.25) is 0 Å². The molecule has 6 heteroatoms. The Morgan fingerprint density at radius 3 is 2.48 bits per heavy atom. The van der Waals surface area contributed by atoms with Crippen LogP contribution in [0.1, 0.15) is 49.7 Å². The summed E-state index contributed by atoms with van der Waals surface area (Å²) in [5.74, 6) is 0. The Kier molecular flexibility index (Phi) is 4.58. The number of sulfonamides is 1. The number of piperidine rings is 1. The van der Waals surface area contributed by atoms with Crippen molar-refractivity contribution in [2.45, 2.75) is 67.9 Å². The monoisotopic (exact) mass is 390 g/mol. The smallest absolute Gasteiger partial charge is 0.243 e. The molecule has 148 valence electrons. The van der Waals surface area contributed by atoms with E-state index in [1.165, 1.54) is 49.9 Å². The van der Waals surface area contributed by atoms with Crippen LogP contribution in [0.4, 0.5) is 0 Å². The number of rotatable bonds is 3. The van der Waals surface area contributed by atoms with Gasteiger partial charge < -0.3 is 4.74 Å². The topological polar surface area (TPSA) is 49.9 Å². The highest BCUT2D eigenvalue weighted by atomic mass is 32.2. The Morgan fingerprint density at radius 2 is 1.70 bits per heavy atom. The van der Waals surface area contributed by atoms with Gasteiger partial charge in [0, 0.05) is 19.1 Å². The number of likely N-dealkylation sites (tertiary alicyclic amines) is 1. The summed E-state index contributed by atoms with van der Waals surface area (Å²) in [4.78, 5) is 3.02. The first kappa shape index (κ1) is 18.1. The molecule has 27 heavy (non-hydrogen) atoms. The molecule has 3 saturated heterocycles. The molecule has 5 nitrogen and oxygen atoms in total. The van der Waals surface area contributed by atoms with Gasteiger partial charge in [-0.05, 0) is 81.3 Å². The number of nitrogens with zero attached hydrogens (tertiary/aromatic N) is 2. The molecular weight excluding hydrogens is 360 g/mol. The summed E-state index contributed by atoms with van der Waals surface area (Å²) in [5.41, 5.74) is 2.30. The summed E-state index contributed by atoms with van der Waals surface area (Å²) in [5, 5.41) is 0. The highest BCUT2D eigenvalue weighted by Crippen LogP contribution is 2.40. The summed E-state index contributed by atoms with van der Waals surface area (Å²) in [6.07, 6.45) is 9.33. The Morgan fingerprint density at radius 1 is 0.963 bits per heavy atom. The number of aryl methyl sites for hydroxylation is 2.